The maximum Gasteiger partial charge on any atom is 0.163 e. The molecule has 0 radical (unpaired) electrons. The largest absolute Gasteiger partial charge is 0.393 e. The maximum absolute atomic E-state index is 13.0. The molecule has 0 saturated carbocycles. The van der Waals surface area contributed by atoms with Crippen LogP contribution < -0.4 is 0 Å². The Morgan fingerprint density at radius 3 is 2.67 bits per heavy atom. The third kappa shape index (κ3) is 1.76. The van der Waals surface area contributed by atoms with Gasteiger partial charge in [0.2, 0.25) is 0 Å². The first-order valence-corrected chi connectivity index (χ1v) is 3.76. The van der Waals surface area contributed by atoms with E-state index in [4.69, 9.17) is 0 Å². The van der Waals surface area contributed by atoms with Gasteiger partial charge in [-0.2, -0.15) is 0 Å². The molecule has 1 aromatic heterocycles. The Hall–Kier alpha value is -1.03. The van der Waals surface area contributed by atoms with Gasteiger partial charge in [-0.3, -0.25) is 0 Å². The summed E-state index contributed by atoms with van der Waals surface area (Å²) in [7, 11) is 0. The van der Waals surface area contributed by atoms with Gasteiger partial charge in [0.1, 0.15) is 6.33 Å². The zero-order chi connectivity index (χ0) is 9.14. The molecule has 0 amide bonds. The molecule has 0 bridgehead atoms. The fourth-order valence-electron chi connectivity index (χ4n) is 0.886. The molecular formula is C8H11FN2O. The number of hydrogen-bond acceptors (Lipinski definition) is 3. The molecule has 0 saturated heterocycles. The normalized spacial score (nSPS) is 15.7. The third-order valence-electron chi connectivity index (χ3n) is 1.85. The molecule has 12 heavy (non-hydrogen) atoms. The summed E-state index contributed by atoms with van der Waals surface area (Å²) in [6.07, 6.45) is 1.77. The van der Waals surface area contributed by atoms with Crippen molar-refractivity contribution >= 4 is 0 Å². The van der Waals surface area contributed by atoms with Crippen LogP contribution in [0.1, 0.15) is 25.5 Å². The van der Waals surface area contributed by atoms with Crippen molar-refractivity contribution in [3.63, 3.8) is 0 Å². The van der Waals surface area contributed by atoms with Crippen molar-refractivity contribution in [3.8, 4) is 0 Å². The van der Waals surface area contributed by atoms with Gasteiger partial charge in [0.25, 0.3) is 0 Å². The Morgan fingerprint density at radius 2 is 2.17 bits per heavy atom. The van der Waals surface area contributed by atoms with Gasteiger partial charge in [-0.1, -0.05) is 6.92 Å². The summed E-state index contributed by atoms with van der Waals surface area (Å²) in [6.45, 7) is 3.32. The average molecular weight is 170 g/mol. The number of hydrogen-bond donors (Lipinski definition) is 1. The van der Waals surface area contributed by atoms with Crippen LogP contribution in [-0.4, -0.2) is 21.2 Å². The molecular weight excluding hydrogens is 159 g/mol. The summed E-state index contributed by atoms with van der Waals surface area (Å²) in [4.78, 5) is 7.27. The molecule has 2 atom stereocenters. The smallest absolute Gasteiger partial charge is 0.163 e. The fourth-order valence-corrected chi connectivity index (χ4v) is 0.886. The van der Waals surface area contributed by atoms with Gasteiger partial charge in [0.05, 0.1) is 18.0 Å². The van der Waals surface area contributed by atoms with Crippen molar-refractivity contribution in [1.82, 2.24) is 9.97 Å². The van der Waals surface area contributed by atoms with Crippen molar-refractivity contribution in [1.29, 1.82) is 0 Å². The lowest BCUT2D eigenvalue weighted by molar-refractivity contribution is 0.165. The lowest BCUT2D eigenvalue weighted by Crippen LogP contribution is -2.14. The maximum atomic E-state index is 13.0. The number of aliphatic hydroxyl groups excluding tert-OH is 1. The van der Waals surface area contributed by atoms with E-state index in [2.05, 4.69) is 9.97 Å². The highest BCUT2D eigenvalue weighted by Crippen LogP contribution is 2.18. The Morgan fingerprint density at radius 1 is 1.50 bits per heavy atom. The molecule has 0 fully saturated rings. The van der Waals surface area contributed by atoms with Gasteiger partial charge in [-0.25, -0.2) is 14.4 Å². The van der Waals surface area contributed by atoms with E-state index in [9.17, 15) is 9.50 Å². The molecule has 1 aromatic rings. The monoisotopic (exact) mass is 170 g/mol. The highest BCUT2D eigenvalue weighted by Gasteiger charge is 2.16. The van der Waals surface area contributed by atoms with Crippen LogP contribution in [-0.2, 0) is 0 Å². The minimum Gasteiger partial charge on any atom is -0.393 e. The van der Waals surface area contributed by atoms with E-state index in [0.717, 1.165) is 6.20 Å². The van der Waals surface area contributed by atoms with Gasteiger partial charge in [0.15, 0.2) is 5.82 Å². The summed E-state index contributed by atoms with van der Waals surface area (Å²) in [6, 6.07) is 0. The first kappa shape index (κ1) is 9.06. The molecule has 4 heteroatoms. The Kier molecular flexibility index (Phi) is 2.70. The minimum atomic E-state index is -0.602. The summed E-state index contributed by atoms with van der Waals surface area (Å²) in [5, 5.41) is 9.17. The van der Waals surface area contributed by atoms with Crippen LogP contribution in [0, 0.1) is 5.82 Å². The van der Waals surface area contributed by atoms with Crippen LogP contribution in [0.25, 0.3) is 0 Å². The molecule has 2 unspecified atom stereocenters. The van der Waals surface area contributed by atoms with Gasteiger partial charge in [-0.15, -0.1) is 0 Å². The predicted octanol–water partition coefficient (Wildman–Crippen LogP) is 1.10. The first-order chi connectivity index (χ1) is 5.63. The van der Waals surface area contributed by atoms with Crippen LogP contribution in [0.4, 0.5) is 4.39 Å². The molecule has 0 aromatic carbocycles. The molecule has 1 N–H and O–H groups in total. The van der Waals surface area contributed by atoms with Crippen LogP contribution >= 0.6 is 0 Å². The van der Waals surface area contributed by atoms with E-state index >= 15 is 0 Å². The predicted molar refractivity (Wildman–Crippen MR) is 42.1 cm³/mol. The van der Waals surface area contributed by atoms with Gasteiger partial charge >= 0.3 is 0 Å². The van der Waals surface area contributed by atoms with Crippen molar-refractivity contribution in [2.45, 2.75) is 25.9 Å². The molecule has 3 nitrogen and oxygen atoms in total. The highest BCUT2D eigenvalue weighted by atomic mass is 19.1. The molecule has 0 spiro atoms. The van der Waals surface area contributed by atoms with E-state index in [1.807, 2.05) is 0 Å². The van der Waals surface area contributed by atoms with Gasteiger partial charge in [-0.05, 0) is 6.92 Å². The minimum absolute atomic E-state index is 0.264. The second-order valence-corrected chi connectivity index (χ2v) is 2.79. The van der Waals surface area contributed by atoms with E-state index in [1.54, 1.807) is 13.8 Å². The van der Waals surface area contributed by atoms with Crippen LogP contribution in [0.15, 0.2) is 12.5 Å². The number of aromatic nitrogens is 2. The Labute approximate surface area is 70.3 Å². The SMILES string of the molecule is CC(O)C(C)c1ncncc1F. The zero-order valence-corrected chi connectivity index (χ0v) is 7.03. The molecule has 0 aliphatic carbocycles. The van der Waals surface area contributed by atoms with E-state index in [0.29, 0.717) is 0 Å². The van der Waals surface area contributed by atoms with E-state index in [1.165, 1.54) is 6.33 Å². The van der Waals surface area contributed by atoms with Gasteiger partial charge < -0.3 is 5.11 Å². The average Bonchev–Trinajstić information content (AvgIpc) is 2.04. The third-order valence-corrected chi connectivity index (χ3v) is 1.85. The number of nitrogens with zero attached hydrogens (tertiary/aromatic N) is 2. The number of halogens is 1. The Balaban J connectivity index is 2.94. The lowest BCUT2D eigenvalue weighted by Gasteiger charge is -2.13. The Bertz CT molecular complexity index is 265. The highest BCUT2D eigenvalue weighted by molar-refractivity contribution is 5.08. The summed E-state index contributed by atoms with van der Waals surface area (Å²) >= 11 is 0. The van der Waals surface area contributed by atoms with Crippen LogP contribution in [0.3, 0.4) is 0 Å². The molecule has 1 rings (SSSR count). The number of rotatable bonds is 2. The standard InChI is InChI=1S/C8H11FN2O/c1-5(6(2)12)8-7(9)3-10-4-11-8/h3-6,12H,1-2H3. The zero-order valence-electron chi connectivity index (χ0n) is 7.03. The first-order valence-electron chi connectivity index (χ1n) is 3.76. The second kappa shape index (κ2) is 3.58. The fraction of sp³-hybridized carbons (Fsp3) is 0.500. The van der Waals surface area contributed by atoms with Crippen molar-refractivity contribution < 1.29 is 9.50 Å². The summed E-state index contributed by atoms with van der Waals surface area (Å²) in [5.74, 6) is -0.765. The van der Waals surface area contributed by atoms with Crippen molar-refractivity contribution in [2.24, 2.45) is 0 Å². The van der Waals surface area contributed by atoms with Crippen molar-refractivity contribution in [3.05, 3.63) is 24.0 Å². The molecule has 0 aliphatic heterocycles. The van der Waals surface area contributed by atoms with Crippen LogP contribution in [0.5, 0.6) is 0 Å². The summed E-state index contributed by atoms with van der Waals surface area (Å²) < 4.78 is 13.0. The van der Waals surface area contributed by atoms with Gasteiger partial charge in [0, 0.05) is 5.92 Å². The van der Waals surface area contributed by atoms with E-state index < -0.39 is 11.9 Å². The molecule has 66 valence electrons. The topological polar surface area (TPSA) is 46.0 Å². The summed E-state index contributed by atoms with van der Waals surface area (Å²) in [5.41, 5.74) is 0.264. The number of aliphatic hydroxyl groups is 1. The van der Waals surface area contributed by atoms with Crippen LogP contribution in [0.2, 0.25) is 0 Å². The van der Waals surface area contributed by atoms with E-state index in [-0.39, 0.29) is 11.6 Å². The second-order valence-electron chi connectivity index (χ2n) is 2.79. The molecule has 1 heterocycles. The van der Waals surface area contributed by atoms with Crippen molar-refractivity contribution in [2.75, 3.05) is 0 Å². The molecule has 0 aliphatic rings. The lowest BCUT2D eigenvalue weighted by atomic mass is 10.0. The quantitative estimate of drug-likeness (QED) is 0.722.